The van der Waals surface area contributed by atoms with Gasteiger partial charge in [0, 0.05) is 35.4 Å². The van der Waals surface area contributed by atoms with Gasteiger partial charge >= 0.3 is 0 Å². The van der Waals surface area contributed by atoms with E-state index in [0.29, 0.717) is 17.7 Å². The summed E-state index contributed by atoms with van der Waals surface area (Å²) in [6, 6.07) is 12.0. The SMILES string of the molecule is CC(C)N(C(=O)c1ccc(NCc2cc(O)ccc2O)cc1)C(C)C. The number of benzene rings is 2. The third-order valence-electron chi connectivity index (χ3n) is 4.03. The molecular formula is C20H26N2O3. The van der Waals surface area contributed by atoms with Gasteiger partial charge in [0.2, 0.25) is 0 Å². The molecule has 0 atom stereocenters. The molecule has 0 aliphatic heterocycles. The van der Waals surface area contributed by atoms with E-state index in [-0.39, 0.29) is 29.5 Å². The molecule has 0 saturated carbocycles. The van der Waals surface area contributed by atoms with Crippen LogP contribution in [0.15, 0.2) is 42.5 Å². The van der Waals surface area contributed by atoms with Crippen molar-refractivity contribution in [1.29, 1.82) is 0 Å². The van der Waals surface area contributed by atoms with Gasteiger partial charge in [-0.25, -0.2) is 0 Å². The van der Waals surface area contributed by atoms with Crippen molar-refractivity contribution in [3.8, 4) is 11.5 Å². The topological polar surface area (TPSA) is 72.8 Å². The lowest BCUT2D eigenvalue weighted by molar-refractivity contribution is 0.0644. The normalized spacial score (nSPS) is 11.0. The Morgan fingerprint density at radius 3 is 2.16 bits per heavy atom. The maximum atomic E-state index is 12.6. The minimum atomic E-state index is 0.0159. The van der Waals surface area contributed by atoms with Crippen LogP contribution in [0.4, 0.5) is 5.69 Å². The molecule has 0 aliphatic carbocycles. The van der Waals surface area contributed by atoms with Crippen molar-refractivity contribution in [3.05, 3.63) is 53.6 Å². The zero-order chi connectivity index (χ0) is 18.6. The predicted octanol–water partition coefficient (Wildman–Crippen LogP) is 3.97. The number of aromatic hydroxyl groups is 2. The minimum Gasteiger partial charge on any atom is -0.508 e. The maximum absolute atomic E-state index is 12.6. The van der Waals surface area contributed by atoms with Gasteiger partial charge in [-0.3, -0.25) is 4.79 Å². The number of amides is 1. The van der Waals surface area contributed by atoms with Crippen LogP contribution in [0.3, 0.4) is 0 Å². The summed E-state index contributed by atoms with van der Waals surface area (Å²) in [6.07, 6.45) is 0. The van der Waals surface area contributed by atoms with Gasteiger partial charge in [-0.05, 0) is 70.2 Å². The second-order valence-corrected chi connectivity index (χ2v) is 6.64. The number of carbonyl (C=O) groups excluding carboxylic acids is 1. The van der Waals surface area contributed by atoms with E-state index < -0.39 is 0 Å². The van der Waals surface area contributed by atoms with Crippen LogP contribution in [0.5, 0.6) is 11.5 Å². The van der Waals surface area contributed by atoms with Gasteiger partial charge in [-0.15, -0.1) is 0 Å². The van der Waals surface area contributed by atoms with E-state index in [2.05, 4.69) is 5.32 Å². The van der Waals surface area contributed by atoms with Crippen molar-refractivity contribution in [2.45, 2.75) is 46.3 Å². The summed E-state index contributed by atoms with van der Waals surface area (Å²) in [4.78, 5) is 14.5. The fourth-order valence-electron chi connectivity index (χ4n) is 2.86. The highest BCUT2D eigenvalue weighted by Gasteiger charge is 2.21. The molecule has 0 aromatic heterocycles. The summed E-state index contributed by atoms with van der Waals surface area (Å²) in [5.41, 5.74) is 2.08. The number of nitrogens with zero attached hydrogens (tertiary/aromatic N) is 1. The highest BCUT2D eigenvalue weighted by atomic mass is 16.3. The van der Waals surface area contributed by atoms with Gasteiger partial charge in [0.25, 0.3) is 5.91 Å². The number of phenols is 2. The summed E-state index contributed by atoms with van der Waals surface area (Å²) in [5.74, 6) is 0.252. The first kappa shape index (κ1) is 18.6. The fraction of sp³-hybridized carbons (Fsp3) is 0.350. The van der Waals surface area contributed by atoms with Crippen molar-refractivity contribution in [2.24, 2.45) is 0 Å². The Kier molecular flexibility index (Phi) is 5.91. The highest BCUT2D eigenvalue weighted by molar-refractivity contribution is 5.95. The molecule has 0 spiro atoms. The summed E-state index contributed by atoms with van der Waals surface area (Å²) in [6.45, 7) is 8.41. The number of nitrogens with one attached hydrogen (secondary N) is 1. The smallest absolute Gasteiger partial charge is 0.254 e. The average Bonchev–Trinajstić information content (AvgIpc) is 2.55. The first-order valence-electron chi connectivity index (χ1n) is 8.47. The highest BCUT2D eigenvalue weighted by Crippen LogP contribution is 2.23. The molecule has 0 radical (unpaired) electrons. The van der Waals surface area contributed by atoms with Gasteiger partial charge in [0.05, 0.1) is 0 Å². The van der Waals surface area contributed by atoms with Crippen LogP contribution in [-0.4, -0.2) is 33.1 Å². The van der Waals surface area contributed by atoms with Crippen LogP contribution in [-0.2, 0) is 6.54 Å². The standard InChI is InChI=1S/C20H26N2O3/c1-13(2)22(14(3)4)20(25)15-5-7-17(8-6-15)21-12-16-11-18(23)9-10-19(16)24/h5-11,13-14,21,23-24H,12H2,1-4H3. The van der Waals surface area contributed by atoms with Gasteiger partial charge in [0.1, 0.15) is 11.5 Å². The molecule has 2 aromatic carbocycles. The molecule has 0 saturated heterocycles. The first-order chi connectivity index (χ1) is 11.8. The molecule has 2 rings (SSSR count). The molecule has 3 N–H and O–H groups in total. The number of hydrogen-bond donors (Lipinski definition) is 3. The Bertz CT molecular complexity index is 716. The summed E-state index contributed by atoms with van der Waals surface area (Å²) >= 11 is 0. The zero-order valence-electron chi connectivity index (χ0n) is 15.2. The first-order valence-corrected chi connectivity index (χ1v) is 8.47. The average molecular weight is 342 g/mol. The van der Waals surface area contributed by atoms with Gasteiger partial charge in [-0.2, -0.15) is 0 Å². The summed E-state index contributed by atoms with van der Waals surface area (Å²) in [5, 5.41) is 22.5. The molecule has 0 aliphatic rings. The van der Waals surface area contributed by atoms with E-state index in [0.717, 1.165) is 5.69 Å². The number of phenolic OH excluding ortho intramolecular Hbond substituents is 2. The Balaban J connectivity index is 2.07. The largest absolute Gasteiger partial charge is 0.508 e. The quantitative estimate of drug-likeness (QED) is 0.695. The number of rotatable bonds is 6. The van der Waals surface area contributed by atoms with Crippen LogP contribution in [0, 0.1) is 0 Å². The van der Waals surface area contributed by atoms with E-state index in [1.54, 1.807) is 12.1 Å². The molecule has 5 heteroatoms. The lowest BCUT2D eigenvalue weighted by Crippen LogP contribution is -2.42. The van der Waals surface area contributed by atoms with E-state index >= 15 is 0 Å². The number of anilines is 1. The lowest BCUT2D eigenvalue weighted by atomic mass is 10.1. The van der Waals surface area contributed by atoms with Gasteiger partial charge < -0.3 is 20.4 Å². The Morgan fingerprint density at radius 1 is 1.00 bits per heavy atom. The maximum Gasteiger partial charge on any atom is 0.254 e. The third-order valence-corrected chi connectivity index (χ3v) is 4.03. The van der Waals surface area contributed by atoms with Gasteiger partial charge in [0.15, 0.2) is 0 Å². The van der Waals surface area contributed by atoms with Gasteiger partial charge in [-0.1, -0.05) is 0 Å². The molecule has 0 heterocycles. The Hall–Kier alpha value is -2.69. The van der Waals surface area contributed by atoms with Crippen molar-refractivity contribution in [2.75, 3.05) is 5.32 Å². The lowest BCUT2D eigenvalue weighted by Gasteiger charge is -2.30. The van der Waals surface area contributed by atoms with Crippen LogP contribution in [0.25, 0.3) is 0 Å². The van der Waals surface area contributed by atoms with Crippen molar-refractivity contribution in [3.63, 3.8) is 0 Å². The molecule has 0 unspecified atom stereocenters. The van der Waals surface area contributed by atoms with Crippen LogP contribution >= 0.6 is 0 Å². The Labute approximate surface area is 148 Å². The molecule has 5 nitrogen and oxygen atoms in total. The number of carbonyl (C=O) groups is 1. The van der Waals surface area contributed by atoms with E-state index in [1.165, 1.54) is 18.2 Å². The molecular weight excluding hydrogens is 316 g/mol. The molecule has 134 valence electrons. The van der Waals surface area contributed by atoms with E-state index in [4.69, 9.17) is 0 Å². The number of hydrogen-bond acceptors (Lipinski definition) is 4. The predicted molar refractivity (Wildman–Crippen MR) is 100.0 cm³/mol. The van der Waals surface area contributed by atoms with Crippen molar-refractivity contribution >= 4 is 11.6 Å². The second-order valence-electron chi connectivity index (χ2n) is 6.64. The summed E-state index contributed by atoms with van der Waals surface area (Å²) < 4.78 is 0. The van der Waals surface area contributed by atoms with Crippen LogP contribution in [0.1, 0.15) is 43.6 Å². The molecule has 0 fully saturated rings. The van der Waals surface area contributed by atoms with Crippen LogP contribution < -0.4 is 5.32 Å². The monoisotopic (exact) mass is 342 g/mol. The minimum absolute atomic E-state index is 0.0159. The van der Waals surface area contributed by atoms with Crippen LogP contribution in [0.2, 0.25) is 0 Å². The molecule has 0 bridgehead atoms. The molecule has 2 aromatic rings. The zero-order valence-corrected chi connectivity index (χ0v) is 15.2. The molecule has 25 heavy (non-hydrogen) atoms. The second kappa shape index (κ2) is 7.92. The van der Waals surface area contributed by atoms with Crippen molar-refractivity contribution < 1.29 is 15.0 Å². The Morgan fingerprint density at radius 2 is 1.60 bits per heavy atom. The van der Waals surface area contributed by atoms with E-state index in [9.17, 15) is 15.0 Å². The summed E-state index contributed by atoms with van der Waals surface area (Å²) in [7, 11) is 0. The third kappa shape index (κ3) is 4.66. The molecule has 1 amide bonds. The van der Waals surface area contributed by atoms with Crippen molar-refractivity contribution in [1.82, 2.24) is 4.90 Å². The van der Waals surface area contributed by atoms with E-state index in [1.807, 2.05) is 44.7 Å². The fourth-order valence-corrected chi connectivity index (χ4v) is 2.86.